The molecule has 0 atom stereocenters. The molecule has 0 fully saturated rings. The van der Waals surface area contributed by atoms with Gasteiger partial charge in [0.1, 0.15) is 5.75 Å². The first-order valence-electron chi connectivity index (χ1n) is 4.63. The lowest BCUT2D eigenvalue weighted by molar-refractivity contribution is 0.102. The Morgan fingerprint density at radius 1 is 1.53 bits per heavy atom. The molecule has 1 aromatic heterocycles. The summed E-state index contributed by atoms with van der Waals surface area (Å²) in [6, 6.07) is 4.98. The lowest BCUT2D eigenvalue weighted by Gasteiger charge is -2.06. The highest BCUT2D eigenvalue weighted by atomic mass is 35.5. The number of halogens is 1. The Bertz CT molecular complexity index is 530. The molecular weight excluding hydrogens is 262 g/mol. The molecule has 2 aromatic rings. The minimum absolute atomic E-state index is 0.280. The van der Waals surface area contributed by atoms with Crippen LogP contribution in [0.5, 0.6) is 5.75 Å². The van der Waals surface area contributed by atoms with E-state index < -0.39 is 0 Å². The van der Waals surface area contributed by atoms with Gasteiger partial charge in [0.25, 0.3) is 5.91 Å². The van der Waals surface area contributed by atoms with E-state index in [1.165, 1.54) is 13.3 Å². The topological polar surface area (TPSA) is 64.1 Å². The summed E-state index contributed by atoms with van der Waals surface area (Å²) in [5.41, 5.74) is 0.857. The lowest BCUT2D eigenvalue weighted by Crippen LogP contribution is -2.12. The summed E-state index contributed by atoms with van der Waals surface area (Å²) < 4.78 is 12.6. The van der Waals surface area contributed by atoms with Crippen LogP contribution in [0.15, 0.2) is 24.4 Å². The van der Waals surface area contributed by atoms with Crippen LogP contribution in [0, 0.1) is 0 Å². The van der Waals surface area contributed by atoms with E-state index in [0.29, 0.717) is 16.5 Å². The van der Waals surface area contributed by atoms with Gasteiger partial charge in [-0.3, -0.25) is 4.79 Å². The normalized spacial score (nSPS) is 10.0. The predicted octanol–water partition coefficient (Wildman–Crippen LogP) is 2.45. The molecular formula is C10H8ClN3O2S. The monoisotopic (exact) mass is 269 g/mol. The average molecular weight is 270 g/mol. The molecule has 1 amide bonds. The molecule has 1 heterocycles. The molecule has 2 rings (SSSR count). The van der Waals surface area contributed by atoms with Crippen molar-refractivity contribution in [2.24, 2.45) is 0 Å². The Labute approximate surface area is 107 Å². The highest BCUT2D eigenvalue weighted by Gasteiger charge is 2.10. The zero-order valence-corrected chi connectivity index (χ0v) is 10.4. The molecule has 0 radical (unpaired) electrons. The Hall–Kier alpha value is -1.66. The number of anilines is 1. The summed E-state index contributed by atoms with van der Waals surface area (Å²) in [6.07, 6.45) is 1.41. The smallest absolute Gasteiger partial charge is 0.277 e. The fourth-order valence-corrected chi connectivity index (χ4v) is 1.87. The van der Waals surface area contributed by atoms with Crippen LogP contribution < -0.4 is 10.1 Å². The quantitative estimate of drug-likeness (QED) is 0.930. The first-order valence-corrected chi connectivity index (χ1v) is 5.74. The van der Waals surface area contributed by atoms with Crippen molar-refractivity contribution >= 4 is 34.9 Å². The van der Waals surface area contributed by atoms with Crippen LogP contribution in [0.2, 0.25) is 5.02 Å². The number of nitrogens with one attached hydrogen (secondary N) is 1. The molecule has 7 heteroatoms. The van der Waals surface area contributed by atoms with Crippen molar-refractivity contribution < 1.29 is 9.53 Å². The van der Waals surface area contributed by atoms with Crippen molar-refractivity contribution in [1.29, 1.82) is 0 Å². The minimum atomic E-state index is -0.319. The molecule has 88 valence electrons. The van der Waals surface area contributed by atoms with Gasteiger partial charge in [-0.15, -0.1) is 0 Å². The SMILES string of the molecule is COc1ccc(NC(=O)c2cnsn2)cc1Cl. The standard InChI is InChI=1S/C10H8ClN3O2S/c1-16-9-3-2-6(4-7(9)11)13-10(15)8-5-12-17-14-8/h2-5H,1H3,(H,13,15). The van der Waals surface area contributed by atoms with E-state index in [0.717, 1.165) is 11.7 Å². The van der Waals surface area contributed by atoms with Crippen molar-refractivity contribution in [3.63, 3.8) is 0 Å². The molecule has 5 nitrogen and oxygen atoms in total. The second kappa shape index (κ2) is 5.11. The number of rotatable bonds is 3. The molecule has 0 spiro atoms. The summed E-state index contributed by atoms with van der Waals surface area (Å²) >= 11 is 6.92. The Balaban J connectivity index is 2.14. The van der Waals surface area contributed by atoms with E-state index in [4.69, 9.17) is 16.3 Å². The van der Waals surface area contributed by atoms with E-state index in [1.54, 1.807) is 18.2 Å². The first kappa shape index (κ1) is 11.8. The number of methoxy groups -OCH3 is 1. The number of carbonyl (C=O) groups excluding carboxylic acids is 1. The van der Waals surface area contributed by atoms with Crippen LogP contribution in [-0.4, -0.2) is 21.8 Å². The van der Waals surface area contributed by atoms with Crippen LogP contribution >= 0.6 is 23.3 Å². The molecule has 0 aliphatic carbocycles. The van der Waals surface area contributed by atoms with Crippen LogP contribution in [0.25, 0.3) is 0 Å². The van der Waals surface area contributed by atoms with Crippen LogP contribution in [0.3, 0.4) is 0 Å². The molecule has 0 saturated heterocycles. The van der Waals surface area contributed by atoms with Gasteiger partial charge in [0.15, 0.2) is 5.69 Å². The fourth-order valence-electron chi connectivity index (χ4n) is 1.20. The van der Waals surface area contributed by atoms with Crippen LogP contribution in [0.4, 0.5) is 5.69 Å². The van der Waals surface area contributed by atoms with Gasteiger partial charge in [-0.05, 0) is 18.2 Å². The number of nitrogens with zero attached hydrogens (tertiary/aromatic N) is 2. The number of hydrogen-bond donors (Lipinski definition) is 1. The summed E-state index contributed by atoms with van der Waals surface area (Å²) in [5, 5.41) is 3.09. The van der Waals surface area contributed by atoms with E-state index in [2.05, 4.69) is 14.1 Å². The largest absolute Gasteiger partial charge is 0.495 e. The first-order chi connectivity index (χ1) is 8.20. The van der Waals surface area contributed by atoms with Gasteiger partial charge in [0, 0.05) is 5.69 Å². The van der Waals surface area contributed by atoms with E-state index in [1.807, 2.05) is 0 Å². The number of aromatic nitrogens is 2. The number of benzene rings is 1. The zero-order chi connectivity index (χ0) is 12.3. The van der Waals surface area contributed by atoms with Crippen molar-refractivity contribution in [3.8, 4) is 5.75 Å². The summed E-state index contributed by atoms with van der Waals surface area (Å²) in [7, 11) is 1.53. The van der Waals surface area contributed by atoms with Gasteiger partial charge >= 0.3 is 0 Å². The summed E-state index contributed by atoms with van der Waals surface area (Å²) in [6.45, 7) is 0. The number of amides is 1. The van der Waals surface area contributed by atoms with Gasteiger partial charge in [-0.1, -0.05) is 11.6 Å². The molecule has 0 aliphatic rings. The fraction of sp³-hybridized carbons (Fsp3) is 0.100. The predicted molar refractivity (Wildman–Crippen MR) is 65.9 cm³/mol. The van der Waals surface area contributed by atoms with Gasteiger partial charge in [0.2, 0.25) is 0 Å². The maximum atomic E-state index is 11.7. The molecule has 1 aromatic carbocycles. The summed E-state index contributed by atoms with van der Waals surface area (Å²) in [4.78, 5) is 11.7. The lowest BCUT2D eigenvalue weighted by atomic mass is 10.3. The van der Waals surface area contributed by atoms with Crippen molar-refractivity contribution in [1.82, 2.24) is 8.75 Å². The van der Waals surface area contributed by atoms with Crippen molar-refractivity contribution in [3.05, 3.63) is 35.1 Å². The molecule has 17 heavy (non-hydrogen) atoms. The van der Waals surface area contributed by atoms with E-state index in [9.17, 15) is 4.79 Å². The Morgan fingerprint density at radius 3 is 2.94 bits per heavy atom. The second-order valence-electron chi connectivity index (χ2n) is 3.10. The van der Waals surface area contributed by atoms with Gasteiger partial charge in [-0.25, -0.2) is 0 Å². The maximum absolute atomic E-state index is 11.7. The zero-order valence-electron chi connectivity index (χ0n) is 8.81. The molecule has 1 N–H and O–H groups in total. The molecule has 0 unspecified atom stereocenters. The molecule has 0 saturated carbocycles. The third kappa shape index (κ3) is 2.72. The summed E-state index contributed by atoms with van der Waals surface area (Å²) in [5.74, 6) is 0.236. The van der Waals surface area contributed by atoms with Crippen LogP contribution in [0.1, 0.15) is 10.5 Å². The van der Waals surface area contributed by atoms with Crippen LogP contribution in [-0.2, 0) is 0 Å². The number of ether oxygens (including phenoxy) is 1. The third-order valence-corrected chi connectivity index (χ3v) is 2.78. The average Bonchev–Trinajstić information content (AvgIpc) is 2.82. The van der Waals surface area contributed by atoms with Crippen molar-refractivity contribution in [2.45, 2.75) is 0 Å². The Kier molecular flexibility index (Phi) is 3.55. The number of carbonyl (C=O) groups is 1. The third-order valence-electron chi connectivity index (χ3n) is 2.00. The second-order valence-corrected chi connectivity index (χ2v) is 4.06. The minimum Gasteiger partial charge on any atom is -0.495 e. The molecule has 0 aliphatic heterocycles. The maximum Gasteiger partial charge on any atom is 0.277 e. The highest BCUT2D eigenvalue weighted by molar-refractivity contribution is 6.99. The Morgan fingerprint density at radius 2 is 2.35 bits per heavy atom. The number of hydrogen-bond acceptors (Lipinski definition) is 5. The highest BCUT2D eigenvalue weighted by Crippen LogP contribution is 2.27. The van der Waals surface area contributed by atoms with E-state index >= 15 is 0 Å². The molecule has 0 bridgehead atoms. The van der Waals surface area contributed by atoms with Gasteiger partial charge in [-0.2, -0.15) is 8.75 Å². The van der Waals surface area contributed by atoms with Gasteiger partial charge < -0.3 is 10.1 Å². The van der Waals surface area contributed by atoms with Gasteiger partial charge in [0.05, 0.1) is 30.1 Å². The van der Waals surface area contributed by atoms with E-state index in [-0.39, 0.29) is 11.6 Å². The van der Waals surface area contributed by atoms with Crippen molar-refractivity contribution in [2.75, 3.05) is 12.4 Å².